The molecule has 3 rings (SSSR count). The number of aryl methyl sites for hydroxylation is 2. The average molecular weight is 300 g/mol. The summed E-state index contributed by atoms with van der Waals surface area (Å²) in [6.07, 6.45) is 0.777. The number of amides is 2. The highest BCUT2D eigenvalue weighted by molar-refractivity contribution is 5.88. The minimum absolute atomic E-state index is 0.341. The third-order valence-corrected chi connectivity index (χ3v) is 4.02. The predicted octanol–water partition coefficient (Wildman–Crippen LogP) is 1.76. The SMILES string of the molecule is CCc1cc(NC(=O)N[C@H]2c3ccccc3C[C@H]2O)n(C)n1. The molecule has 0 saturated heterocycles. The standard InChI is InChI=1S/C16H20N4O2/c1-3-11-9-14(20(2)19-11)17-16(22)18-15-12-7-5-4-6-10(12)8-13(15)21/h4-7,9,13,15,21H,3,8H2,1-2H3,(H2,17,18,22)/t13-,15+/m1/s1. The summed E-state index contributed by atoms with van der Waals surface area (Å²) in [5.74, 6) is 0.634. The number of carbonyl (C=O) groups is 1. The Morgan fingerprint density at radius 2 is 2.23 bits per heavy atom. The van der Waals surface area contributed by atoms with Gasteiger partial charge in [0.1, 0.15) is 5.82 Å². The van der Waals surface area contributed by atoms with E-state index in [1.165, 1.54) is 0 Å². The van der Waals surface area contributed by atoms with Crippen LogP contribution in [0.2, 0.25) is 0 Å². The van der Waals surface area contributed by atoms with E-state index in [2.05, 4.69) is 15.7 Å². The van der Waals surface area contributed by atoms with Gasteiger partial charge in [0.2, 0.25) is 0 Å². The lowest BCUT2D eigenvalue weighted by atomic mass is 10.1. The summed E-state index contributed by atoms with van der Waals surface area (Å²) in [4.78, 5) is 12.2. The van der Waals surface area contributed by atoms with E-state index in [4.69, 9.17) is 0 Å². The van der Waals surface area contributed by atoms with Crippen molar-refractivity contribution in [1.82, 2.24) is 15.1 Å². The first kappa shape index (κ1) is 14.6. The third-order valence-electron chi connectivity index (χ3n) is 4.02. The lowest BCUT2D eigenvalue weighted by Gasteiger charge is -2.18. The molecule has 6 nitrogen and oxygen atoms in total. The lowest BCUT2D eigenvalue weighted by Crippen LogP contribution is -2.37. The molecule has 1 aliphatic rings. The molecule has 0 aliphatic heterocycles. The van der Waals surface area contributed by atoms with E-state index in [0.717, 1.165) is 23.2 Å². The summed E-state index contributed by atoms with van der Waals surface area (Å²) in [5, 5.41) is 20.1. The molecular formula is C16H20N4O2. The molecule has 1 aliphatic carbocycles. The van der Waals surface area contributed by atoms with Gasteiger partial charge in [0.25, 0.3) is 0 Å². The minimum Gasteiger partial charge on any atom is -0.390 e. The lowest BCUT2D eigenvalue weighted by molar-refractivity contribution is 0.144. The normalized spacial score (nSPS) is 19.8. The van der Waals surface area contributed by atoms with Gasteiger partial charge in [0.05, 0.1) is 17.8 Å². The topological polar surface area (TPSA) is 79.2 Å². The molecule has 3 N–H and O–H groups in total. The van der Waals surface area contributed by atoms with E-state index >= 15 is 0 Å². The monoisotopic (exact) mass is 300 g/mol. The molecule has 2 atom stereocenters. The van der Waals surface area contributed by atoms with E-state index in [0.29, 0.717) is 12.2 Å². The van der Waals surface area contributed by atoms with E-state index in [1.807, 2.05) is 37.3 Å². The van der Waals surface area contributed by atoms with Gasteiger partial charge >= 0.3 is 6.03 Å². The fourth-order valence-electron chi connectivity index (χ4n) is 2.86. The maximum atomic E-state index is 12.2. The first-order valence-electron chi connectivity index (χ1n) is 7.44. The van der Waals surface area contributed by atoms with Crippen molar-refractivity contribution in [2.45, 2.75) is 31.9 Å². The molecule has 2 amide bonds. The van der Waals surface area contributed by atoms with Crippen molar-refractivity contribution in [1.29, 1.82) is 0 Å². The van der Waals surface area contributed by atoms with Gasteiger partial charge < -0.3 is 10.4 Å². The van der Waals surface area contributed by atoms with Gasteiger partial charge in [0.15, 0.2) is 0 Å². The zero-order valence-electron chi connectivity index (χ0n) is 12.7. The number of hydrogen-bond donors (Lipinski definition) is 3. The van der Waals surface area contributed by atoms with Crippen LogP contribution < -0.4 is 10.6 Å². The Morgan fingerprint density at radius 3 is 2.95 bits per heavy atom. The Labute approximate surface area is 129 Å². The zero-order chi connectivity index (χ0) is 15.7. The smallest absolute Gasteiger partial charge is 0.320 e. The molecule has 0 radical (unpaired) electrons. The van der Waals surface area contributed by atoms with Gasteiger partial charge in [-0.05, 0) is 17.5 Å². The minimum atomic E-state index is -0.596. The van der Waals surface area contributed by atoms with Crippen LogP contribution in [-0.4, -0.2) is 27.0 Å². The Kier molecular flexibility index (Phi) is 3.85. The molecule has 0 spiro atoms. The van der Waals surface area contributed by atoms with Crippen molar-refractivity contribution in [3.8, 4) is 0 Å². The predicted molar refractivity (Wildman–Crippen MR) is 83.6 cm³/mol. The fraction of sp³-hybridized carbons (Fsp3) is 0.375. The summed E-state index contributed by atoms with van der Waals surface area (Å²) in [6, 6.07) is 8.90. The number of urea groups is 1. The first-order chi connectivity index (χ1) is 10.6. The Bertz CT molecular complexity index is 695. The number of aromatic nitrogens is 2. The molecule has 2 aromatic rings. The van der Waals surface area contributed by atoms with Crippen LogP contribution in [0.5, 0.6) is 0 Å². The summed E-state index contributed by atoms with van der Waals surface area (Å²) in [6.45, 7) is 2.01. The highest BCUT2D eigenvalue weighted by Crippen LogP contribution is 2.31. The van der Waals surface area contributed by atoms with E-state index in [9.17, 15) is 9.90 Å². The fourth-order valence-corrected chi connectivity index (χ4v) is 2.86. The average Bonchev–Trinajstić information content (AvgIpc) is 3.00. The van der Waals surface area contributed by atoms with Crippen LogP contribution in [-0.2, 0) is 19.9 Å². The molecule has 0 saturated carbocycles. The third kappa shape index (κ3) is 2.69. The van der Waals surface area contributed by atoms with Gasteiger partial charge in [-0.25, -0.2) is 4.79 Å². The zero-order valence-corrected chi connectivity index (χ0v) is 12.7. The Morgan fingerprint density at radius 1 is 1.45 bits per heavy atom. The number of aliphatic hydroxyl groups is 1. The quantitative estimate of drug-likeness (QED) is 0.808. The summed E-state index contributed by atoms with van der Waals surface area (Å²) >= 11 is 0. The molecule has 1 aromatic heterocycles. The maximum Gasteiger partial charge on any atom is 0.320 e. The Hall–Kier alpha value is -2.34. The van der Waals surface area contributed by atoms with Crippen molar-refractivity contribution in [3.05, 3.63) is 47.2 Å². The summed E-state index contributed by atoms with van der Waals surface area (Å²) in [7, 11) is 1.79. The van der Waals surface area contributed by atoms with Gasteiger partial charge in [-0.1, -0.05) is 31.2 Å². The number of carbonyl (C=O) groups excluding carboxylic acids is 1. The first-order valence-corrected chi connectivity index (χ1v) is 7.44. The van der Waals surface area contributed by atoms with Crippen molar-refractivity contribution < 1.29 is 9.90 Å². The highest BCUT2D eigenvalue weighted by atomic mass is 16.3. The number of benzene rings is 1. The highest BCUT2D eigenvalue weighted by Gasteiger charge is 2.31. The summed E-state index contributed by atoms with van der Waals surface area (Å²) in [5.41, 5.74) is 2.97. The van der Waals surface area contributed by atoms with E-state index < -0.39 is 6.10 Å². The number of nitrogens with zero attached hydrogens (tertiary/aromatic N) is 2. The maximum absolute atomic E-state index is 12.2. The van der Waals surface area contributed by atoms with Gasteiger partial charge in [0, 0.05) is 19.5 Å². The van der Waals surface area contributed by atoms with Crippen LogP contribution in [0.3, 0.4) is 0 Å². The largest absolute Gasteiger partial charge is 0.390 e. The number of hydrogen-bond acceptors (Lipinski definition) is 3. The summed E-state index contributed by atoms with van der Waals surface area (Å²) < 4.78 is 1.64. The number of rotatable bonds is 3. The molecule has 22 heavy (non-hydrogen) atoms. The van der Waals surface area contributed by atoms with Crippen molar-refractivity contribution in [3.63, 3.8) is 0 Å². The number of aliphatic hydroxyl groups excluding tert-OH is 1. The molecule has 0 bridgehead atoms. The molecule has 116 valence electrons. The van der Waals surface area contributed by atoms with E-state index in [1.54, 1.807) is 11.7 Å². The van der Waals surface area contributed by atoms with Crippen molar-refractivity contribution in [2.24, 2.45) is 7.05 Å². The van der Waals surface area contributed by atoms with Crippen LogP contribution in [0, 0.1) is 0 Å². The molecule has 1 aromatic carbocycles. The molecule has 0 unspecified atom stereocenters. The van der Waals surface area contributed by atoms with Gasteiger partial charge in [-0.2, -0.15) is 5.10 Å². The second-order valence-electron chi connectivity index (χ2n) is 5.54. The van der Waals surface area contributed by atoms with Crippen molar-refractivity contribution >= 4 is 11.8 Å². The number of fused-ring (bicyclic) bond motifs is 1. The van der Waals surface area contributed by atoms with Crippen LogP contribution >= 0.6 is 0 Å². The molecule has 6 heteroatoms. The molecular weight excluding hydrogens is 280 g/mol. The molecule has 1 heterocycles. The molecule has 0 fully saturated rings. The Balaban J connectivity index is 1.70. The second kappa shape index (κ2) is 5.81. The van der Waals surface area contributed by atoms with Gasteiger partial charge in [-0.15, -0.1) is 0 Å². The van der Waals surface area contributed by atoms with E-state index in [-0.39, 0.29) is 12.1 Å². The van der Waals surface area contributed by atoms with Crippen LogP contribution in [0.1, 0.15) is 29.8 Å². The second-order valence-corrected chi connectivity index (χ2v) is 5.54. The number of nitrogens with one attached hydrogen (secondary N) is 2. The number of anilines is 1. The van der Waals surface area contributed by atoms with Crippen LogP contribution in [0.4, 0.5) is 10.6 Å². The van der Waals surface area contributed by atoms with Crippen molar-refractivity contribution in [2.75, 3.05) is 5.32 Å². The van der Waals surface area contributed by atoms with Crippen LogP contribution in [0.15, 0.2) is 30.3 Å². The van der Waals surface area contributed by atoms with Crippen LogP contribution in [0.25, 0.3) is 0 Å². The van der Waals surface area contributed by atoms with Gasteiger partial charge in [-0.3, -0.25) is 10.00 Å².